The maximum atomic E-state index is 12.7. The lowest BCUT2D eigenvalue weighted by Crippen LogP contribution is -2.27. The van der Waals surface area contributed by atoms with Crippen molar-refractivity contribution in [3.63, 3.8) is 0 Å². The second-order valence-electron chi connectivity index (χ2n) is 5.48. The molecule has 27 heavy (non-hydrogen) atoms. The van der Waals surface area contributed by atoms with E-state index in [0.29, 0.717) is 21.5 Å². The second kappa shape index (κ2) is 7.98. The first-order valence-corrected chi connectivity index (χ1v) is 9.40. The van der Waals surface area contributed by atoms with Gasteiger partial charge in [0.05, 0.1) is 22.2 Å². The molecule has 0 unspecified atom stereocenters. The maximum absolute atomic E-state index is 12.7. The van der Waals surface area contributed by atoms with Crippen LogP contribution < -0.4 is 14.4 Å². The zero-order valence-corrected chi connectivity index (χ0v) is 16.8. The number of hydrogen-bond donors (Lipinski definition) is 0. The number of rotatable bonds is 4. The largest absolute Gasteiger partial charge is 0.493 e. The molecule has 3 rings (SSSR count). The molecule has 1 fully saturated rings. The van der Waals surface area contributed by atoms with E-state index in [2.05, 4.69) is 15.9 Å². The third kappa shape index (κ3) is 4.06. The summed E-state index contributed by atoms with van der Waals surface area (Å²) in [6, 6.07) is 12.0. The maximum Gasteiger partial charge on any atom is 0.308 e. The standard InChI is InChI=1S/C19H14BrNO5S/c1-11(22)26-17-14(20)8-12(9-15(17)25-2)10-16-18(23)21(19(24)27-16)13-6-4-3-5-7-13/h3-10H,1-2H3/b16-10-. The molecule has 0 aliphatic carbocycles. The van der Waals surface area contributed by atoms with Crippen LogP contribution in [0.25, 0.3) is 6.08 Å². The quantitative estimate of drug-likeness (QED) is 0.386. The van der Waals surface area contributed by atoms with Gasteiger partial charge in [-0.2, -0.15) is 0 Å². The number of nitrogens with zero attached hydrogens (tertiary/aromatic N) is 1. The summed E-state index contributed by atoms with van der Waals surface area (Å²) < 4.78 is 10.9. The van der Waals surface area contributed by atoms with Crippen LogP contribution in [0.2, 0.25) is 0 Å². The van der Waals surface area contributed by atoms with Crippen LogP contribution in [0.3, 0.4) is 0 Å². The Kier molecular flexibility index (Phi) is 5.67. The van der Waals surface area contributed by atoms with Crippen molar-refractivity contribution < 1.29 is 23.9 Å². The van der Waals surface area contributed by atoms with Gasteiger partial charge in [-0.1, -0.05) is 18.2 Å². The van der Waals surface area contributed by atoms with Crippen molar-refractivity contribution in [3.8, 4) is 11.5 Å². The van der Waals surface area contributed by atoms with E-state index in [-0.39, 0.29) is 15.9 Å². The van der Waals surface area contributed by atoms with E-state index in [1.54, 1.807) is 42.5 Å². The zero-order chi connectivity index (χ0) is 19.6. The Balaban J connectivity index is 1.95. The molecule has 0 N–H and O–H groups in total. The lowest BCUT2D eigenvalue weighted by Gasteiger charge is -2.12. The molecule has 2 amide bonds. The summed E-state index contributed by atoms with van der Waals surface area (Å²) in [5.74, 6) is -0.297. The number of carbonyl (C=O) groups is 3. The number of para-hydroxylation sites is 1. The fourth-order valence-corrected chi connectivity index (χ4v) is 3.87. The van der Waals surface area contributed by atoms with Gasteiger partial charge in [0.15, 0.2) is 11.5 Å². The van der Waals surface area contributed by atoms with Crippen LogP contribution >= 0.6 is 27.7 Å². The lowest BCUT2D eigenvalue weighted by atomic mass is 10.1. The fraction of sp³-hybridized carbons (Fsp3) is 0.105. The van der Waals surface area contributed by atoms with Gasteiger partial charge in [0, 0.05) is 6.92 Å². The van der Waals surface area contributed by atoms with Gasteiger partial charge < -0.3 is 9.47 Å². The second-order valence-corrected chi connectivity index (χ2v) is 7.33. The zero-order valence-electron chi connectivity index (χ0n) is 14.4. The van der Waals surface area contributed by atoms with Crippen molar-refractivity contribution >= 4 is 56.6 Å². The number of thioether (sulfide) groups is 1. The first-order chi connectivity index (χ1) is 12.9. The number of hydrogen-bond acceptors (Lipinski definition) is 6. The molecule has 8 heteroatoms. The molecule has 0 spiro atoms. The van der Waals surface area contributed by atoms with Gasteiger partial charge in [0.1, 0.15) is 0 Å². The van der Waals surface area contributed by atoms with E-state index in [1.165, 1.54) is 14.0 Å². The van der Waals surface area contributed by atoms with Crippen molar-refractivity contribution in [2.75, 3.05) is 12.0 Å². The third-order valence-electron chi connectivity index (χ3n) is 3.60. The van der Waals surface area contributed by atoms with Crippen LogP contribution in [0.4, 0.5) is 10.5 Å². The van der Waals surface area contributed by atoms with Crippen LogP contribution in [-0.2, 0) is 9.59 Å². The Labute approximate surface area is 168 Å². The number of imide groups is 1. The smallest absolute Gasteiger partial charge is 0.308 e. The monoisotopic (exact) mass is 447 g/mol. The minimum atomic E-state index is -0.481. The summed E-state index contributed by atoms with van der Waals surface area (Å²) in [6.45, 7) is 1.29. The van der Waals surface area contributed by atoms with E-state index >= 15 is 0 Å². The number of esters is 1. The van der Waals surface area contributed by atoms with Crippen LogP contribution in [0, 0.1) is 0 Å². The van der Waals surface area contributed by atoms with Crippen molar-refractivity contribution in [2.45, 2.75) is 6.92 Å². The Morgan fingerprint density at radius 3 is 2.52 bits per heavy atom. The highest BCUT2D eigenvalue weighted by Gasteiger charge is 2.36. The summed E-state index contributed by atoms with van der Waals surface area (Å²) in [7, 11) is 1.45. The molecule has 0 bridgehead atoms. The molecule has 1 heterocycles. The molecular formula is C19H14BrNO5S. The topological polar surface area (TPSA) is 72.9 Å². The molecule has 6 nitrogen and oxygen atoms in total. The Morgan fingerprint density at radius 1 is 1.19 bits per heavy atom. The highest BCUT2D eigenvalue weighted by molar-refractivity contribution is 9.10. The lowest BCUT2D eigenvalue weighted by molar-refractivity contribution is -0.132. The number of methoxy groups -OCH3 is 1. The third-order valence-corrected chi connectivity index (χ3v) is 5.06. The Morgan fingerprint density at radius 2 is 1.89 bits per heavy atom. The van der Waals surface area contributed by atoms with E-state index in [4.69, 9.17) is 9.47 Å². The summed E-state index contributed by atoms with van der Waals surface area (Å²) in [6.07, 6.45) is 1.60. The van der Waals surface area contributed by atoms with E-state index in [1.807, 2.05) is 6.07 Å². The van der Waals surface area contributed by atoms with E-state index in [0.717, 1.165) is 16.7 Å². The van der Waals surface area contributed by atoms with Gasteiger partial charge >= 0.3 is 5.97 Å². The van der Waals surface area contributed by atoms with Crippen LogP contribution in [0.1, 0.15) is 12.5 Å². The minimum absolute atomic E-state index is 0.250. The summed E-state index contributed by atoms with van der Waals surface area (Å²) in [5, 5.41) is -0.361. The Bertz CT molecular complexity index is 958. The summed E-state index contributed by atoms with van der Waals surface area (Å²) >= 11 is 4.20. The van der Waals surface area contributed by atoms with Crippen molar-refractivity contribution in [2.24, 2.45) is 0 Å². The predicted molar refractivity (Wildman–Crippen MR) is 107 cm³/mol. The fourth-order valence-electron chi connectivity index (χ4n) is 2.48. The first kappa shape index (κ1) is 19.2. The summed E-state index contributed by atoms with van der Waals surface area (Å²) in [4.78, 5) is 37.6. The molecular weight excluding hydrogens is 434 g/mol. The Hall–Kier alpha value is -2.58. The van der Waals surface area contributed by atoms with Gasteiger partial charge in [0.2, 0.25) is 0 Å². The van der Waals surface area contributed by atoms with E-state index in [9.17, 15) is 14.4 Å². The predicted octanol–water partition coefficient (Wildman–Crippen LogP) is 4.62. The van der Waals surface area contributed by atoms with Crippen LogP contribution in [0.15, 0.2) is 51.8 Å². The molecule has 0 radical (unpaired) electrons. The average molecular weight is 448 g/mol. The average Bonchev–Trinajstić information content (AvgIpc) is 2.91. The SMILES string of the molecule is COc1cc(/C=C2\SC(=O)N(c3ccccc3)C2=O)cc(Br)c1OC(C)=O. The molecule has 2 aromatic rings. The number of halogens is 1. The van der Waals surface area contributed by atoms with Gasteiger partial charge in [0.25, 0.3) is 11.1 Å². The van der Waals surface area contributed by atoms with Gasteiger partial charge in [-0.15, -0.1) is 0 Å². The van der Waals surface area contributed by atoms with Gasteiger partial charge in [-0.25, -0.2) is 4.90 Å². The highest BCUT2D eigenvalue weighted by atomic mass is 79.9. The molecule has 1 aliphatic rings. The van der Waals surface area contributed by atoms with Gasteiger partial charge in [-0.05, 0) is 63.6 Å². The van der Waals surface area contributed by atoms with Crippen LogP contribution in [0.5, 0.6) is 11.5 Å². The van der Waals surface area contributed by atoms with Crippen molar-refractivity contribution in [1.82, 2.24) is 0 Å². The van der Waals surface area contributed by atoms with Crippen LogP contribution in [-0.4, -0.2) is 24.2 Å². The molecule has 138 valence electrons. The van der Waals surface area contributed by atoms with E-state index < -0.39 is 11.9 Å². The number of ether oxygens (including phenoxy) is 2. The molecule has 1 saturated heterocycles. The molecule has 2 aromatic carbocycles. The molecule has 1 aliphatic heterocycles. The van der Waals surface area contributed by atoms with Crippen molar-refractivity contribution in [1.29, 1.82) is 0 Å². The minimum Gasteiger partial charge on any atom is -0.493 e. The number of carbonyl (C=O) groups excluding carboxylic acids is 3. The molecule has 0 atom stereocenters. The number of benzene rings is 2. The normalized spacial score (nSPS) is 15.4. The summed E-state index contributed by atoms with van der Waals surface area (Å²) in [5.41, 5.74) is 1.14. The molecule has 0 saturated carbocycles. The van der Waals surface area contributed by atoms with Gasteiger partial charge in [-0.3, -0.25) is 14.4 Å². The van der Waals surface area contributed by atoms with Crippen molar-refractivity contribution in [3.05, 3.63) is 57.4 Å². The number of anilines is 1. The number of amides is 2. The highest BCUT2D eigenvalue weighted by Crippen LogP contribution is 2.40. The molecule has 0 aromatic heterocycles. The first-order valence-electron chi connectivity index (χ1n) is 7.79.